The molecule has 0 spiro atoms. The highest BCUT2D eigenvalue weighted by Crippen LogP contribution is 2.32. The van der Waals surface area contributed by atoms with Gasteiger partial charge < -0.3 is 10.6 Å². The van der Waals surface area contributed by atoms with Crippen molar-refractivity contribution in [2.24, 2.45) is 5.73 Å². The van der Waals surface area contributed by atoms with Gasteiger partial charge in [0, 0.05) is 24.0 Å². The van der Waals surface area contributed by atoms with Crippen LogP contribution in [-0.2, 0) is 4.79 Å². The number of halogens is 1. The van der Waals surface area contributed by atoms with Crippen LogP contribution in [0.4, 0.5) is 0 Å². The summed E-state index contributed by atoms with van der Waals surface area (Å²) < 4.78 is 1.07. The van der Waals surface area contributed by atoms with E-state index in [4.69, 9.17) is 5.73 Å². The van der Waals surface area contributed by atoms with Gasteiger partial charge in [-0.05, 0) is 30.5 Å². The highest BCUT2D eigenvalue weighted by Gasteiger charge is 2.29. The first-order valence-electron chi connectivity index (χ1n) is 5.97. The fraction of sp³-hybridized carbons (Fsp3) is 0.462. The van der Waals surface area contributed by atoms with Gasteiger partial charge in [0.25, 0.3) is 0 Å². The normalized spacial score (nSPS) is 19.6. The Labute approximate surface area is 110 Å². The van der Waals surface area contributed by atoms with Crippen LogP contribution in [0.3, 0.4) is 0 Å². The molecule has 2 N–H and O–H groups in total. The van der Waals surface area contributed by atoms with E-state index in [1.165, 1.54) is 5.56 Å². The quantitative estimate of drug-likeness (QED) is 0.931. The Hall–Kier alpha value is -0.870. The molecule has 1 aromatic rings. The van der Waals surface area contributed by atoms with E-state index in [1.54, 1.807) is 0 Å². The second-order valence-electron chi connectivity index (χ2n) is 4.34. The van der Waals surface area contributed by atoms with Gasteiger partial charge in [-0.3, -0.25) is 4.79 Å². The molecule has 1 aliphatic heterocycles. The third kappa shape index (κ3) is 2.87. The zero-order valence-corrected chi connectivity index (χ0v) is 11.3. The summed E-state index contributed by atoms with van der Waals surface area (Å²) in [5.41, 5.74) is 6.67. The standard InChI is InChI=1S/C13H17BrN2O/c14-11-5-3-10(4-6-11)12-2-1-9-16(12)13(17)7-8-15/h3-6,12H,1-2,7-9,15H2. The Kier molecular flexibility index (Phi) is 4.18. The Bertz CT molecular complexity index is 391. The van der Waals surface area contributed by atoms with Crippen molar-refractivity contribution in [3.8, 4) is 0 Å². The number of nitrogens with two attached hydrogens (primary N) is 1. The van der Waals surface area contributed by atoms with Gasteiger partial charge >= 0.3 is 0 Å². The van der Waals surface area contributed by atoms with E-state index in [2.05, 4.69) is 28.1 Å². The van der Waals surface area contributed by atoms with E-state index in [0.29, 0.717) is 13.0 Å². The minimum absolute atomic E-state index is 0.179. The van der Waals surface area contributed by atoms with Gasteiger partial charge in [0.1, 0.15) is 0 Å². The highest BCUT2D eigenvalue weighted by molar-refractivity contribution is 9.10. The lowest BCUT2D eigenvalue weighted by Crippen LogP contribution is -2.31. The molecule has 1 saturated heterocycles. The number of carbonyl (C=O) groups excluding carboxylic acids is 1. The molecule has 4 heteroatoms. The lowest BCUT2D eigenvalue weighted by Gasteiger charge is -2.25. The molecule has 1 amide bonds. The van der Waals surface area contributed by atoms with Crippen molar-refractivity contribution in [3.63, 3.8) is 0 Å². The molecule has 1 unspecified atom stereocenters. The molecule has 0 bridgehead atoms. The lowest BCUT2D eigenvalue weighted by molar-refractivity contribution is -0.131. The smallest absolute Gasteiger partial charge is 0.224 e. The van der Waals surface area contributed by atoms with Crippen LogP contribution in [0, 0.1) is 0 Å². The Morgan fingerprint density at radius 3 is 2.76 bits per heavy atom. The summed E-state index contributed by atoms with van der Waals surface area (Å²) in [6, 6.07) is 8.46. The minimum atomic E-state index is 0.179. The number of rotatable bonds is 3. The SMILES string of the molecule is NCCC(=O)N1CCCC1c1ccc(Br)cc1. The van der Waals surface area contributed by atoms with Gasteiger partial charge in [-0.2, -0.15) is 0 Å². The molecule has 1 aromatic carbocycles. The molecule has 1 fully saturated rings. The van der Waals surface area contributed by atoms with Crippen molar-refractivity contribution in [1.29, 1.82) is 0 Å². The molecular formula is C13H17BrN2O. The molecule has 0 radical (unpaired) electrons. The van der Waals surface area contributed by atoms with Gasteiger partial charge in [-0.15, -0.1) is 0 Å². The van der Waals surface area contributed by atoms with E-state index < -0.39 is 0 Å². The van der Waals surface area contributed by atoms with Crippen molar-refractivity contribution in [2.75, 3.05) is 13.1 Å². The largest absolute Gasteiger partial charge is 0.336 e. The van der Waals surface area contributed by atoms with Gasteiger partial charge in [0.2, 0.25) is 5.91 Å². The lowest BCUT2D eigenvalue weighted by atomic mass is 10.0. The fourth-order valence-corrected chi connectivity index (χ4v) is 2.63. The molecule has 2 rings (SSSR count). The molecule has 1 aliphatic rings. The summed E-state index contributed by atoms with van der Waals surface area (Å²) in [7, 11) is 0. The number of hydrogen-bond donors (Lipinski definition) is 1. The first-order chi connectivity index (χ1) is 8.22. The first kappa shape index (κ1) is 12.6. The first-order valence-corrected chi connectivity index (χ1v) is 6.76. The zero-order valence-electron chi connectivity index (χ0n) is 9.73. The van der Waals surface area contributed by atoms with Crippen LogP contribution in [-0.4, -0.2) is 23.9 Å². The van der Waals surface area contributed by atoms with Crippen LogP contribution in [0.2, 0.25) is 0 Å². The van der Waals surface area contributed by atoms with Crippen LogP contribution in [0.5, 0.6) is 0 Å². The third-order valence-corrected chi connectivity index (χ3v) is 3.71. The summed E-state index contributed by atoms with van der Waals surface area (Å²) in [4.78, 5) is 13.9. The molecule has 1 heterocycles. The van der Waals surface area contributed by atoms with Crippen molar-refractivity contribution in [3.05, 3.63) is 34.3 Å². The summed E-state index contributed by atoms with van der Waals surface area (Å²) in [6.07, 6.45) is 2.59. The fourth-order valence-electron chi connectivity index (χ4n) is 2.36. The van der Waals surface area contributed by atoms with Gasteiger partial charge in [0.15, 0.2) is 0 Å². The Balaban J connectivity index is 2.14. The minimum Gasteiger partial charge on any atom is -0.336 e. The maximum absolute atomic E-state index is 11.9. The summed E-state index contributed by atoms with van der Waals surface area (Å²) >= 11 is 3.43. The van der Waals surface area contributed by atoms with E-state index >= 15 is 0 Å². The molecule has 0 saturated carbocycles. The maximum Gasteiger partial charge on any atom is 0.224 e. The second kappa shape index (κ2) is 5.65. The van der Waals surface area contributed by atoms with Gasteiger partial charge in [0.05, 0.1) is 6.04 Å². The molecule has 92 valence electrons. The van der Waals surface area contributed by atoms with E-state index in [9.17, 15) is 4.79 Å². The second-order valence-corrected chi connectivity index (χ2v) is 5.25. The number of amides is 1. The molecule has 3 nitrogen and oxygen atoms in total. The Morgan fingerprint density at radius 2 is 2.12 bits per heavy atom. The zero-order chi connectivity index (χ0) is 12.3. The number of carbonyl (C=O) groups is 1. The molecule has 0 aliphatic carbocycles. The van der Waals surface area contributed by atoms with Gasteiger partial charge in [-0.1, -0.05) is 28.1 Å². The third-order valence-electron chi connectivity index (χ3n) is 3.19. The molecular weight excluding hydrogens is 280 g/mol. The molecule has 0 aromatic heterocycles. The van der Waals surface area contributed by atoms with Crippen LogP contribution >= 0.6 is 15.9 Å². The maximum atomic E-state index is 11.9. The monoisotopic (exact) mass is 296 g/mol. The average molecular weight is 297 g/mol. The molecule has 1 atom stereocenters. The van der Waals surface area contributed by atoms with Crippen molar-refractivity contribution in [2.45, 2.75) is 25.3 Å². The van der Waals surface area contributed by atoms with Crippen LogP contribution in [0.25, 0.3) is 0 Å². The Morgan fingerprint density at radius 1 is 1.41 bits per heavy atom. The topological polar surface area (TPSA) is 46.3 Å². The predicted molar refractivity (Wildman–Crippen MR) is 71.5 cm³/mol. The van der Waals surface area contributed by atoms with E-state index in [1.807, 2.05) is 17.0 Å². The van der Waals surface area contributed by atoms with Crippen molar-refractivity contribution < 1.29 is 4.79 Å². The van der Waals surface area contributed by atoms with Crippen molar-refractivity contribution >= 4 is 21.8 Å². The van der Waals surface area contributed by atoms with E-state index in [-0.39, 0.29) is 11.9 Å². The van der Waals surface area contributed by atoms with Gasteiger partial charge in [-0.25, -0.2) is 0 Å². The summed E-state index contributed by atoms with van der Waals surface area (Å²) in [6.45, 7) is 1.29. The van der Waals surface area contributed by atoms with Crippen LogP contribution < -0.4 is 5.73 Å². The van der Waals surface area contributed by atoms with Crippen molar-refractivity contribution in [1.82, 2.24) is 4.90 Å². The summed E-state index contributed by atoms with van der Waals surface area (Å²) in [5.74, 6) is 0.179. The number of hydrogen-bond acceptors (Lipinski definition) is 2. The predicted octanol–water partition coefficient (Wildman–Crippen LogP) is 2.46. The van der Waals surface area contributed by atoms with Crippen LogP contribution in [0.15, 0.2) is 28.7 Å². The number of nitrogens with zero attached hydrogens (tertiary/aromatic N) is 1. The molecule has 17 heavy (non-hydrogen) atoms. The highest BCUT2D eigenvalue weighted by atomic mass is 79.9. The number of benzene rings is 1. The van der Waals surface area contributed by atoms with Crippen LogP contribution in [0.1, 0.15) is 30.9 Å². The number of likely N-dealkylation sites (tertiary alicyclic amines) is 1. The summed E-state index contributed by atoms with van der Waals surface area (Å²) in [5, 5.41) is 0. The average Bonchev–Trinajstić information content (AvgIpc) is 2.79. The van der Waals surface area contributed by atoms with E-state index in [0.717, 1.165) is 23.9 Å².